The molecule has 2 amide bonds. The summed E-state index contributed by atoms with van der Waals surface area (Å²) < 4.78 is 9.83. The van der Waals surface area contributed by atoms with Crippen molar-refractivity contribution < 1.29 is 19.1 Å². The van der Waals surface area contributed by atoms with Crippen molar-refractivity contribution >= 4 is 12.0 Å². The molecule has 2 rings (SSSR count). The SMILES string of the molecule is COC(=O)C1(CNC(=O)N2CCCC2C)COC1. The zero-order valence-corrected chi connectivity index (χ0v) is 10.9. The molecule has 0 radical (unpaired) electrons. The van der Waals surface area contributed by atoms with Gasteiger partial charge in [0.15, 0.2) is 0 Å². The van der Waals surface area contributed by atoms with Gasteiger partial charge in [-0.25, -0.2) is 4.79 Å². The van der Waals surface area contributed by atoms with E-state index in [2.05, 4.69) is 5.32 Å². The Balaban J connectivity index is 1.86. The fourth-order valence-corrected chi connectivity index (χ4v) is 2.44. The van der Waals surface area contributed by atoms with Gasteiger partial charge in [0, 0.05) is 19.1 Å². The van der Waals surface area contributed by atoms with Crippen LogP contribution in [0.1, 0.15) is 19.8 Å². The molecule has 6 heteroatoms. The summed E-state index contributed by atoms with van der Waals surface area (Å²) in [7, 11) is 1.35. The van der Waals surface area contributed by atoms with Gasteiger partial charge in [-0.05, 0) is 19.8 Å². The van der Waals surface area contributed by atoms with E-state index in [0.29, 0.717) is 13.2 Å². The number of hydrogen-bond acceptors (Lipinski definition) is 4. The third-order valence-electron chi connectivity index (χ3n) is 3.77. The lowest BCUT2D eigenvalue weighted by Gasteiger charge is -2.38. The van der Waals surface area contributed by atoms with Crippen molar-refractivity contribution in [3.8, 4) is 0 Å². The molecule has 1 N–H and O–H groups in total. The number of ether oxygens (including phenoxy) is 2. The highest BCUT2D eigenvalue weighted by molar-refractivity contribution is 5.80. The zero-order chi connectivity index (χ0) is 13.2. The van der Waals surface area contributed by atoms with Gasteiger partial charge in [-0.15, -0.1) is 0 Å². The van der Waals surface area contributed by atoms with Gasteiger partial charge in [0.2, 0.25) is 0 Å². The molecule has 1 atom stereocenters. The molecule has 0 aromatic heterocycles. The summed E-state index contributed by atoms with van der Waals surface area (Å²) in [5.74, 6) is -0.316. The van der Waals surface area contributed by atoms with Gasteiger partial charge in [0.25, 0.3) is 0 Å². The molecule has 1 unspecified atom stereocenters. The van der Waals surface area contributed by atoms with E-state index in [1.165, 1.54) is 7.11 Å². The molecular weight excluding hydrogens is 236 g/mol. The van der Waals surface area contributed by atoms with Crippen molar-refractivity contribution in [1.29, 1.82) is 0 Å². The van der Waals surface area contributed by atoms with E-state index in [1.54, 1.807) is 0 Å². The molecule has 0 aliphatic carbocycles. The van der Waals surface area contributed by atoms with Crippen molar-refractivity contribution in [1.82, 2.24) is 10.2 Å². The standard InChI is InChI=1S/C12H20N2O4/c1-9-4-3-5-14(9)11(16)13-6-12(7-18-8-12)10(15)17-2/h9H,3-8H2,1-2H3,(H,13,16). The van der Waals surface area contributed by atoms with E-state index in [9.17, 15) is 9.59 Å². The summed E-state index contributed by atoms with van der Waals surface area (Å²) in [4.78, 5) is 25.4. The first-order valence-electron chi connectivity index (χ1n) is 6.30. The van der Waals surface area contributed by atoms with Gasteiger partial charge in [-0.2, -0.15) is 0 Å². The second-order valence-corrected chi connectivity index (χ2v) is 5.11. The van der Waals surface area contributed by atoms with Crippen molar-refractivity contribution in [2.24, 2.45) is 5.41 Å². The molecule has 2 saturated heterocycles. The maximum Gasteiger partial charge on any atom is 0.318 e. The highest BCUT2D eigenvalue weighted by Gasteiger charge is 2.47. The van der Waals surface area contributed by atoms with E-state index in [4.69, 9.17) is 9.47 Å². The van der Waals surface area contributed by atoms with Crippen molar-refractivity contribution in [3.63, 3.8) is 0 Å². The number of nitrogens with zero attached hydrogens (tertiary/aromatic N) is 1. The number of carbonyl (C=O) groups excluding carboxylic acids is 2. The first-order valence-corrected chi connectivity index (χ1v) is 6.30. The van der Waals surface area contributed by atoms with Crippen LogP contribution in [0, 0.1) is 5.41 Å². The Morgan fingerprint density at radius 2 is 2.22 bits per heavy atom. The minimum absolute atomic E-state index is 0.102. The molecule has 18 heavy (non-hydrogen) atoms. The maximum atomic E-state index is 12.0. The van der Waals surface area contributed by atoms with E-state index >= 15 is 0 Å². The Morgan fingerprint density at radius 1 is 1.50 bits per heavy atom. The molecule has 6 nitrogen and oxygen atoms in total. The Kier molecular flexibility index (Phi) is 3.75. The third-order valence-corrected chi connectivity index (χ3v) is 3.77. The monoisotopic (exact) mass is 256 g/mol. The summed E-state index contributed by atoms with van der Waals surface area (Å²) >= 11 is 0. The van der Waals surface area contributed by atoms with Crippen LogP contribution in [-0.4, -0.2) is 56.4 Å². The van der Waals surface area contributed by atoms with Crippen molar-refractivity contribution in [3.05, 3.63) is 0 Å². The minimum atomic E-state index is -0.687. The first-order chi connectivity index (χ1) is 8.59. The first kappa shape index (κ1) is 13.1. The van der Waals surface area contributed by atoms with Crippen molar-refractivity contribution in [2.75, 3.05) is 33.4 Å². The van der Waals surface area contributed by atoms with Gasteiger partial charge >= 0.3 is 12.0 Å². The smallest absolute Gasteiger partial charge is 0.318 e. The van der Waals surface area contributed by atoms with Crippen LogP contribution in [0.2, 0.25) is 0 Å². The van der Waals surface area contributed by atoms with Crippen LogP contribution in [-0.2, 0) is 14.3 Å². The largest absolute Gasteiger partial charge is 0.468 e. The summed E-state index contributed by atoms with van der Waals surface area (Å²) in [6.45, 7) is 3.73. The molecule has 2 aliphatic heterocycles. The summed E-state index contributed by atoms with van der Waals surface area (Å²) in [6, 6.07) is 0.173. The Hall–Kier alpha value is -1.30. The fraction of sp³-hybridized carbons (Fsp3) is 0.833. The zero-order valence-electron chi connectivity index (χ0n) is 10.9. The van der Waals surface area contributed by atoms with Crippen LogP contribution in [0.5, 0.6) is 0 Å². The molecule has 102 valence electrons. The number of hydrogen-bond donors (Lipinski definition) is 1. The Labute approximate surface area is 107 Å². The van der Waals surface area contributed by atoms with E-state index in [1.807, 2.05) is 11.8 Å². The predicted octanol–water partition coefficient (Wildman–Crippen LogP) is 0.370. The molecule has 2 fully saturated rings. The third kappa shape index (κ3) is 2.29. The second-order valence-electron chi connectivity index (χ2n) is 5.11. The van der Waals surface area contributed by atoms with Crippen LogP contribution in [0.4, 0.5) is 4.79 Å². The minimum Gasteiger partial charge on any atom is -0.468 e. The Morgan fingerprint density at radius 3 is 2.67 bits per heavy atom. The van der Waals surface area contributed by atoms with E-state index in [-0.39, 0.29) is 24.6 Å². The van der Waals surface area contributed by atoms with Gasteiger partial charge < -0.3 is 19.7 Å². The molecule has 2 heterocycles. The number of urea groups is 1. The molecule has 2 aliphatic rings. The van der Waals surface area contributed by atoms with Gasteiger partial charge in [-0.1, -0.05) is 0 Å². The van der Waals surface area contributed by atoms with Crippen molar-refractivity contribution in [2.45, 2.75) is 25.8 Å². The van der Waals surface area contributed by atoms with Gasteiger partial charge in [0.05, 0.1) is 20.3 Å². The second kappa shape index (κ2) is 5.14. The molecule has 0 spiro atoms. The number of methoxy groups -OCH3 is 1. The highest BCUT2D eigenvalue weighted by atomic mass is 16.5. The number of esters is 1. The number of rotatable bonds is 3. The quantitative estimate of drug-likeness (QED) is 0.741. The Bertz CT molecular complexity index is 341. The van der Waals surface area contributed by atoms with Gasteiger partial charge in [0.1, 0.15) is 5.41 Å². The molecule has 0 saturated carbocycles. The number of carbonyl (C=O) groups is 2. The van der Waals surface area contributed by atoms with E-state index in [0.717, 1.165) is 19.4 Å². The maximum absolute atomic E-state index is 12.0. The van der Waals surface area contributed by atoms with Crippen LogP contribution in [0.15, 0.2) is 0 Å². The highest BCUT2D eigenvalue weighted by Crippen LogP contribution is 2.28. The molecular formula is C12H20N2O4. The predicted molar refractivity (Wildman–Crippen MR) is 64.1 cm³/mol. The summed E-state index contributed by atoms with van der Waals surface area (Å²) in [5, 5.41) is 2.82. The van der Waals surface area contributed by atoms with Crippen LogP contribution < -0.4 is 5.32 Å². The average Bonchev–Trinajstić information content (AvgIpc) is 2.73. The average molecular weight is 256 g/mol. The van der Waals surface area contributed by atoms with Crippen LogP contribution in [0.25, 0.3) is 0 Å². The lowest BCUT2D eigenvalue weighted by Crippen LogP contribution is -2.57. The number of likely N-dealkylation sites (tertiary alicyclic amines) is 1. The lowest BCUT2D eigenvalue weighted by molar-refractivity contribution is -0.181. The summed E-state index contributed by atoms with van der Waals surface area (Å²) in [5.41, 5.74) is -0.687. The number of amides is 2. The fourth-order valence-electron chi connectivity index (χ4n) is 2.44. The molecule has 0 aromatic carbocycles. The topological polar surface area (TPSA) is 67.9 Å². The van der Waals surface area contributed by atoms with E-state index < -0.39 is 5.41 Å². The van der Waals surface area contributed by atoms with Crippen LogP contribution in [0.3, 0.4) is 0 Å². The summed E-state index contributed by atoms with van der Waals surface area (Å²) in [6.07, 6.45) is 2.08. The van der Waals surface area contributed by atoms with Crippen LogP contribution >= 0.6 is 0 Å². The van der Waals surface area contributed by atoms with Gasteiger partial charge in [-0.3, -0.25) is 4.79 Å². The molecule has 0 aromatic rings. The molecule has 0 bridgehead atoms. The number of nitrogens with one attached hydrogen (secondary N) is 1. The normalized spacial score (nSPS) is 25.4. The lowest BCUT2D eigenvalue weighted by atomic mass is 9.86.